The maximum absolute atomic E-state index is 2.73. The largest absolute Gasteiger partial charge is 0.153 e. The molecule has 0 nitrogen and oxygen atoms in total. The molecule has 0 aromatic carbocycles. The van der Waals surface area contributed by atoms with Gasteiger partial charge in [0.05, 0.1) is 18.5 Å². The van der Waals surface area contributed by atoms with Gasteiger partial charge in [-0.2, -0.15) is 9.90 Å². The van der Waals surface area contributed by atoms with Gasteiger partial charge in [0.15, 0.2) is 0 Å². The zero-order chi connectivity index (χ0) is 19.3. The summed E-state index contributed by atoms with van der Waals surface area (Å²) in [6.45, 7) is 9.70. The Labute approximate surface area is 190 Å². The van der Waals surface area contributed by atoms with Crippen molar-refractivity contribution in [3.63, 3.8) is 0 Å². The zero-order valence-electron chi connectivity index (χ0n) is 20.4. The van der Waals surface area contributed by atoms with Crippen LogP contribution in [0.4, 0.5) is 0 Å². The Morgan fingerprint density at radius 3 is 0.857 bits per heavy atom. The van der Waals surface area contributed by atoms with Crippen LogP contribution in [0.5, 0.6) is 0 Å². The monoisotopic (exact) mass is 455 g/mol. The molecule has 0 spiro atoms. The lowest BCUT2D eigenvalue weighted by Crippen LogP contribution is -2.08. The fourth-order valence-electron chi connectivity index (χ4n) is 4.16. The summed E-state index contributed by atoms with van der Waals surface area (Å²) in [5, 5.41) is 0. The Balaban J connectivity index is -0.00000312. The van der Waals surface area contributed by atoms with Gasteiger partial charge >= 0.3 is 0 Å². The van der Waals surface area contributed by atoms with Crippen LogP contribution in [0.3, 0.4) is 0 Å². The van der Waals surface area contributed by atoms with Crippen molar-refractivity contribution in [2.24, 2.45) is 0 Å². The highest BCUT2D eigenvalue weighted by atomic mass is 35.5. The van der Waals surface area contributed by atoms with E-state index in [4.69, 9.17) is 0 Å². The summed E-state index contributed by atoms with van der Waals surface area (Å²) in [6.07, 6.45) is 31.2. The molecule has 174 valence electrons. The molecule has 3 heteroatoms. The molecule has 0 amide bonds. The van der Waals surface area contributed by atoms with Gasteiger partial charge in [-0.25, -0.2) is 0 Å². The molecule has 0 aromatic rings. The van der Waals surface area contributed by atoms with Crippen molar-refractivity contribution in [2.45, 2.75) is 136 Å². The minimum absolute atomic E-state index is 0. The second-order valence-corrected chi connectivity index (χ2v) is 13.7. The molecule has 0 saturated carbocycles. The van der Waals surface area contributed by atoms with Crippen molar-refractivity contribution in [3.8, 4) is 0 Å². The first-order valence-corrected chi connectivity index (χ1v) is 15.3. The van der Waals surface area contributed by atoms with Crippen LogP contribution in [0.2, 0.25) is 0 Å². The van der Waals surface area contributed by atoms with Crippen molar-refractivity contribution in [1.29, 1.82) is 0 Å². The van der Waals surface area contributed by atoms with E-state index < -0.39 is 7.26 Å². The van der Waals surface area contributed by atoms with Crippen molar-refractivity contribution in [1.82, 2.24) is 0 Å². The Bertz CT molecular complexity index is 230. The van der Waals surface area contributed by atoms with Gasteiger partial charge < -0.3 is 0 Å². The number of hydrogen-bond acceptors (Lipinski definition) is 0. The van der Waals surface area contributed by atoms with Crippen LogP contribution >= 0.6 is 29.6 Å². The number of halogens is 1. The van der Waals surface area contributed by atoms with Crippen LogP contribution in [-0.2, 0) is 0 Å². The summed E-state index contributed by atoms with van der Waals surface area (Å²) in [7, 11) is -0.636. The minimum atomic E-state index is -0.636. The molecule has 0 bridgehead atoms. The van der Waals surface area contributed by atoms with Crippen LogP contribution in [0.25, 0.3) is 0 Å². The van der Waals surface area contributed by atoms with Gasteiger partial charge in [-0.15, -0.1) is 12.4 Å². The Hall–Kier alpha value is 1.15. The van der Waals surface area contributed by atoms with E-state index in [1.165, 1.54) is 116 Å². The van der Waals surface area contributed by atoms with E-state index in [9.17, 15) is 0 Å². The molecule has 0 N–H and O–H groups in total. The van der Waals surface area contributed by atoms with E-state index in [2.05, 4.69) is 27.4 Å². The second kappa shape index (κ2) is 26.2. The molecule has 0 aromatic heterocycles. The van der Waals surface area contributed by atoms with E-state index >= 15 is 0 Å². The molecule has 0 heterocycles. The van der Waals surface area contributed by atoms with Gasteiger partial charge in [0.2, 0.25) is 0 Å². The molecule has 1 unspecified atom stereocenters. The van der Waals surface area contributed by atoms with Crippen LogP contribution in [0.1, 0.15) is 136 Å². The molecule has 0 aliphatic carbocycles. The molecular weight excluding hydrogens is 398 g/mol. The maximum atomic E-state index is 2.73. The Kier molecular flexibility index (Phi) is 31.6. The molecule has 0 radical (unpaired) electrons. The van der Waals surface area contributed by atoms with Gasteiger partial charge in [-0.1, -0.05) is 97.8 Å². The molecule has 0 aliphatic rings. The van der Waals surface area contributed by atoms with Crippen LogP contribution in [-0.4, -0.2) is 25.2 Å². The standard InChI is InChI=1S/C25H54P.ClH.H3P/c1-5-8-11-14-17-20-23-26(4,24-21-18-15-12-9-6-2)25-22-19-16-13-10-7-3;;/h5-25H2,1-4H3;1H;1H3/q+1;;. The Morgan fingerprint density at radius 2 is 0.607 bits per heavy atom. The van der Waals surface area contributed by atoms with Crippen LogP contribution in [0, 0.1) is 0 Å². The summed E-state index contributed by atoms with van der Waals surface area (Å²) in [4.78, 5) is 0. The lowest BCUT2D eigenvalue weighted by atomic mass is 10.1. The fourth-order valence-corrected chi connectivity index (χ4v) is 7.79. The van der Waals surface area contributed by atoms with E-state index in [1.807, 2.05) is 0 Å². The Morgan fingerprint density at radius 1 is 0.393 bits per heavy atom. The highest BCUT2D eigenvalue weighted by molar-refractivity contribution is 7.75. The summed E-state index contributed by atoms with van der Waals surface area (Å²) < 4.78 is 0. The van der Waals surface area contributed by atoms with Crippen molar-refractivity contribution < 1.29 is 0 Å². The molecule has 0 saturated heterocycles. The topological polar surface area (TPSA) is 0 Å². The summed E-state index contributed by atoms with van der Waals surface area (Å²) >= 11 is 0. The van der Waals surface area contributed by atoms with E-state index in [-0.39, 0.29) is 22.3 Å². The summed E-state index contributed by atoms with van der Waals surface area (Å²) in [5.41, 5.74) is 0. The third-order valence-electron chi connectivity index (χ3n) is 6.15. The van der Waals surface area contributed by atoms with Crippen LogP contribution in [0.15, 0.2) is 0 Å². The van der Waals surface area contributed by atoms with E-state index in [0.29, 0.717) is 0 Å². The second-order valence-electron chi connectivity index (χ2n) is 9.09. The van der Waals surface area contributed by atoms with Gasteiger partial charge in [0.1, 0.15) is 0 Å². The van der Waals surface area contributed by atoms with Crippen molar-refractivity contribution in [2.75, 3.05) is 25.2 Å². The fraction of sp³-hybridized carbons (Fsp3) is 1.00. The molecule has 1 atom stereocenters. The molecule has 28 heavy (non-hydrogen) atoms. The lowest BCUT2D eigenvalue weighted by Gasteiger charge is -2.24. The highest BCUT2D eigenvalue weighted by Crippen LogP contribution is 2.57. The average Bonchev–Trinajstić information content (AvgIpc) is 2.64. The minimum Gasteiger partial charge on any atom is -0.153 e. The normalized spacial score (nSPS) is 11.1. The predicted octanol–water partition coefficient (Wildman–Crippen LogP) is 10.2. The lowest BCUT2D eigenvalue weighted by molar-refractivity contribution is 0.616. The van der Waals surface area contributed by atoms with Gasteiger partial charge in [-0.3, -0.25) is 0 Å². The quantitative estimate of drug-likeness (QED) is 0.119. The molecular formula is C25H58ClP2+. The predicted molar refractivity (Wildman–Crippen MR) is 146 cm³/mol. The van der Waals surface area contributed by atoms with Crippen molar-refractivity contribution in [3.05, 3.63) is 0 Å². The molecule has 0 fully saturated rings. The first-order valence-electron chi connectivity index (χ1n) is 12.5. The van der Waals surface area contributed by atoms with Gasteiger partial charge in [-0.05, 0) is 38.5 Å². The number of rotatable bonds is 21. The summed E-state index contributed by atoms with van der Waals surface area (Å²) in [6, 6.07) is 0. The SMILES string of the molecule is CCCCCCCC[P+](C)(CCCCCCCC)CCCCCCCC.Cl.P. The third kappa shape index (κ3) is 23.4. The first kappa shape index (κ1) is 33.8. The smallest absolute Gasteiger partial charge is 0.0591 e. The molecule has 0 aliphatic heterocycles. The third-order valence-corrected chi connectivity index (χ3v) is 10.3. The van der Waals surface area contributed by atoms with Gasteiger partial charge in [0.25, 0.3) is 0 Å². The molecule has 0 rings (SSSR count). The zero-order valence-corrected chi connectivity index (χ0v) is 23.5. The maximum Gasteiger partial charge on any atom is 0.0591 e. The number of hydrogen-bond donors (Lipinski definition) is 0. The van der Waals surface area contributed by atoms with Crippen molar-refractivity contribution >= 4 is 29.6 Å². The van der Waals surface area contributed by atoms with E-state index in [0.717, 1.165) is 0 Å². The van der Waals surface area contributed by atoms with Gasteiger partial charge in [0, 0.05) is 13.9 Å². The summed E-state index contributed by atoms with van der Waals surface area (Å²) in [5.74, 6) is 0. The van der Waals surface area contributed by atoms with Crippen LogP contribution < -0.4 is 0 Å². The first-order chi connectivity index (χ1) is 12.7. The average molecular weight is 456 g/mol. The highest BCUT2D eigenvalue weighted by Gasteiger charge is 2.29. The van der Waals surface area contributed by atoms with E-state index in [1.54, 1.807) is 18.5 Å². The number of unbranched alkanes of at least 4 members (excludes halogenated alkanes) is 15.